The van der Waals surface area contributed by atoms with Gasteiger partial charge in [-0.1, -0.05) is 10.2 Å². The normalized spacial score (nSPS) is 15.4. The predicted octanol–water partition coefficient (Wildman–Crippen LogP) is 0.402. The molecule has 8 heteroatoms. The van der Waals surface area contributed by atoms with Crippen LogP contribution in [-0.2, 0) is 4.79 Å². The number of halogens is 3. The van der Waals surface area contributed by atoms with E-state index in [9.17, 15) is 18.0 Å². The van der Waals surface area contributed by atoms with Crippen molar-refractivity contribution in [1.29, 1.82) is 0 Å². The second kappa shape index (κ2) is 2.29. The molecule has 11 heavy (non-hydrogen) atoms. The third-order valence-electron chi connectivity index (χ3n) is 0.762. The first kappa shape index (κ1) is 7.63. The fourth-order valence-electron chi connectivity index (χ4n) is 0.312. The second-order valence-corrected chi connectivity index (χ2v) is 1.56. The lowest BCUT2D eigenvalue weighted by atomic mass is 10.6. The highest BCUT2D eigenvalue weighted by Crippen LogP contribution is 2.14. The molecule has 0 aliphatic carbocycles. The van der Waals surface area contributed by atoms with Crippen LogP contribution in [0.1, 0.15) is 0 Å². The van der Waals surface area contributed by atoms with Gasteiger partial charge in [0.05, 0.1) is 0 Å². The summed E-state index contributed by atoms with van der Waals surface area (Å²) in [5.74, 6) is -2.53. The number of guanidine groups is 1. The van der Waals surface area contributed by atoms with Crippen molar-refractivity contribution >= 4 is 11.9 Å². The van der Waals surface area contributed by atoms with Crippen molar-refractivity contribution in [1.82, 2.24) is 5.32 Å². The number of alkyl halides is 3. The standard InChI is InChI=1S/C3HF3N4O/c4-3(5,6)1(11)7-2-8-10-9-2/h(H,7,8,9,11). The van der Waals surface area contributed by atoms with E-state index in [1.54, 1.807) is 0 Å². The molecule has 0 aromatic rings. The third kappa shape index (κ3) is 1.72. The summed E-state index contributed by atoms with van der Waals surface area (Å²) in [6.07, 6.45) is -4.91. The maximum absolute atomic E-state index is 11.4. The maximum atomic E-state index is 11.4. The minimum absolute atomic E-state index is 0.424. The number of amides is 1. The number of hydrogen-bond acceptors (Lipinski definition) is 4. The van der Waals surface area contributed by atoms with E-state index >= 15 is 0 Å². The Hall–Kier alpha value is -1.47. The molecule has 1 amide bonds. The minimum atomic E-state index is -4.91. The summed E-state index contributed by atoms with van der Waals surface area (Å²) in [7, 11) is 0. The molecular weight excluding hydrogens is 165 g/mol. The predicted molar refractivity (Wildman–Crippen MR) is 26.5 cm³/mol. The molecule has 0 bridgehead atoms. The number of carbonyl (C=O) groups is 1. The molecule has 0 aromatic heterocycles. The van der Waals surface area contributed by atoms with Gasteiger partial charge in [-0.2, -0.15) is 13.2 Å². The van der Waals surface area contributed by atoms with Crippen molar-refractivity contribution < 1.29 is 18.0 Å². The average Bonchev–Trinajstić information content (AvgIpc) is 1.75. The van der Waals surface area contributed by atoms with Crippen LogP contribution in [0.15, 0.2) is 15.4 Å². The van der Waals surface area contributed by atoms with Gasteiger partial charge in [0.2, 0.25) is 0 Å². The molecule has 0 saturated heterocycles. The van der Waals surface area contributed by atoms with Crippen LogP contribution in [0, 0.1) is 0 Å². The van der Waals surface area contributed by atoms with Gasteiger partial charge in [-0.05, 0) is 5.22 Å². The monoisotopic (exact) mass is 166 g/mol. The van der Waals surface area contributed by atoms with Crippen molar-refractivity contribution in [2.45, 2.75) is 6.18 Å². The highest BCUT2D eigenvalue weighted by Gasteiger charge is 2.39. The summed E-state index contributed by atoms with van der Waals surface area (Å²) in [6.45, 7) is 0. The number of nitrogens with one attached hydrogen (secondary N) is 1. The lowest BCUT2D eigenvalue weighted by molar-refractivity contribution is -0.171. The molecule has 0 unspecified atom stereocenters. The molecule has 0 fully saturated rings. The van der Waals surface area contributed by atoms with Crippen LogP contribution in [0.25, 0.3) is 0 Å². The summed E-state index contributed by atoms with van der Waals surface area (Å²) in [4.78, 5) is 10.0. The fraction of sp³-hybridized carbons (Fsp3) is 0.333. The Kier molecular flexibility index (Phi) is 1.59. The van der Waals surface area contributed by atoms with E-state index in [-0.39, 0.29) is 0 Å². The zero-order valence-corrected chi connectivity index (χ0v) is 4.88. The first-order chi connectivity index (χ1) is 5.00. The average molecular weight is 166 g/mol. The van der Waals surface area contributed by atoms with Gasteiger partial charge in [0, 0.05) is 0 Å². The Morgan fingerprint density at radius 3 is 2.27 bits per heavy atom. The van der Waals surface area contributed by atoms with Crippen molar-refractivity contribution in [2.24, 2.45) is 15.4 Å². The van der Waals surface area contributed by atoms with Gasteiger partial charge in [0.25, 0.3) is 5.96 Å². The molecule has 0 aromatic carbocycles. The van der Waals surface area contributed by atoms with Gasteiger partial charge in [-0.25, -0.2) is 0 Å². The third-order valence-corrected chi connectivity index (χ3v) is 0.762. The molecule has 1 rings (SSSR count). The lowest BCUT2D eigenvalue weighted by Gasteiger charge is -2.06. The molecule has 1 N–H and O–H groups in total. The van der Waals surface area contributed by atoms with Gasteiger partial charge in [-0.3, -0.25) is 10.1 Å². The van der Waals surface area contributed by atoms with Crippen molar-refractivity contribution in [3.05, 3.63) is 0 Å². The second-order valence-electron chi connectivity index (χ2n) is 1.56. The molecule has 1 heterocycles. The summed E-state index contributed by atoms with van der Waals surface area (Å²) in [5, 5.41) is 10.2. The zero-order chi connectivity index (χ0) is 8.48. The van der Waals surface area contributed by atoms with Crippen molar-refractivity contribution in [2.75, 3.05) is 0 Å². The molecule has 5 nitrogen and oxygen atoms in total. The van der Waals surface area contributed by atoms with E-state index in [4.69, 9.17) is 0 Å². The molecule has 1 aliphatic rings. The first-order valence-corrected chi connectivity index (χ1v) is 2.37. The van der Waals surface area contributed by atoms with E-state index in [1.807, 2.05) is 0 Å². The van der Waals surface area contributed by atoms with E-state index in [1.165, 1.54) is 5.32 Å². The molecular formula is C3HF3N4O. The highest BCUT2D eigenvalue weighted by atomic mass is 19.4. The Labute approximate surface area is 58.0 Å². The number of hydrogen-bond donors (Lipinski definition) is 1. The largest absolute Gasteiger partial charge is 0.471 e. The Balaban J connectivity index is 2.44. The van der Waals surface area contributed by atoms with Crippen molar-refractivity contribution in [3.63, 3.8) is 0 Å². The van der Waals surface area contributed by atoms with Gasteiger partial charge in [0.15, 0.2) is 0 Å². The fourth-order valence-corrected chi connectivity index (χ4v) is 0.312. The summed E-state index contributed by atoms with van der Waals surface area (Å²) < 4.78 is 34.3. The van der Waals surface area contributed by atoms with Gasteiger partial charge in [0.1, 0.15) is 0 Å². The number of nitrogens with zero attached hydrogens (tertiary/aromatic N) is 3. The molecule has 1 aliphatic heterocycles. The van der Waals surface area contributed by atoms with E-state index in [0.717, 1.165) is 0 Å². The molecule has 0 saturated carbocycles. The van der Waals surface area contributed by atoms with Crippen LogP contribution in [0.3, 0.4) is 0 Å². The first-order valence-electron chi connectivity index (χ1n) is 2.37. The quantitative estimate of drug-likeness (QED) is 0.556. The lowest BCUT2D eigenvalue weighted by Crippen LogP contribution is -2.40. The molecule has 0 atom stereocenters. The number of rotatable bonds is 0. The zero-order valence-electron chi connectivity index (χ0n) is 4.88. The Morgan fingerprint density at radius 2 is 2.00 bits per heavy atom. The van der Waals surface area contributed by atoms with Crippen LogP contribution in [-0.4, -0.2) is 18.0 Å². The Morgan fingerprint density at radius 1 is 1.45 bits per heavy atom. The van der Waals surface area contributed by atoms with E-state index in [2.05, 4.69) is 15.4 Å². The van der Waals surface area contributed by atoms with Crippen LogP contribution in [0.5, 0.6) is 0 Å². The van der Waals surface area contributed by atoms with Gasteiger partial charge < -0.3 is 0 Å². The SMILES string of the molecule is O=C(NC1=NN=N1)C(F)(F)F. The molecule has 60 valence electrons. The van der Waals surface area contributed by atoms with Crippen LogP contribution >= 0.6 is 0 Å². The Bertz CT molecular complexity index is 241. The van der Waals surface area contributed by atoms with Crippen molar-refractivity contribution in [3.8, 4) is 0 Å². The molecule has 0 spiro atoms. The van der Waals surface area contributed by atoms with Crippen LogP contribution < -0.4 is 5.32 Å². The molecule has 0 radical (unpaired) electrons. The van der Waals surface area contributed by atoms with E-state index in [0.29, 0.717) is 0 Å². The smallest absolute Gasteiger partial charge is 0.284 e. The maximum Gasteiger partial charge on any atom is 0.471 e. The highest BCUT2D eigenvalue weighted by molar-refractivity contribution is 6.00. The van der Waals surface area contributed by atoms with Gasteiger partial charge >= 0.3 is 12.1 Å². The summed E-state index contributed by atoms with van der Waals surface area (Å²) >= 11 is 0. The van der Waals surface area contributed by atoms with Crippen LogP contribution in [0.4, 0.5) is 13.2 Å². The van der Waals surface area contributed by atoms with E-state index < -0.39 is 18.0 Å². The van der Waals surface area contributed by atoms with Gasteiger partial charge in [-0.15, -0.1) is 0 Å². The summed E-state index contributed by atoms with van der Waals surface area (Å²) in [5.41, 5.74) is 0. The minimum Gasteiger partial charge on any atom is -0.284 e. The van der Waals surface area contributed by atoms with Crippen LogP contribution in [0.2, 0.25) is 0 Å². The summed E-state index contributed by atoms with van der Waals surface area (Å²) in [6, 6.07) is 0. The number of carbonyl (C=O) groups excluding carboxylic acids is 1. The topological polar surface area (TPSA) is 66.2 Å².